The second kappa shape index (κ2) is 9.46. The highest BCUT2D eigenvalue weighted by Crippen LogP contribution is 2.26. The average molecular weight is 404 g/mol. The van der Waals surface area contributed by atoms with Gasteiger partial charge in [0.15, 0.2) is 0 Å². The van der Waals surface area contributed by atoms with Crippen LogP contribution in [0.2, 0.25) is 0 Å². The lowest BCUT2D eigenvalue weighted by Gasteiger charge is -2.23. The lowest BCUT2D eigenvalue weighted by molar-refractivity contribution is -0.134. The number of fused-ring (bicyclic) bond motifs is 1. The highest BCUT2D eigenvalue weighted by Gasteiger charge is 2.25. The monoisotopic (exact) mass is 403 g/mol. The fraction of sp³-hybridized carbons (Fsp3) is 0.462. The summed E-state index contributed by atoms with van der Waals surface area (Å²) in [7, 11) is 2.08. The standard InChI is InChI=1S/C26H33N3O/c1-3-10-21(26(30)29-17-6-7-18-29)13-8-11-20-12-9-14-22(19-20)25-27-23-15-4-5-16-24(23)28(25)2/h4-5,9,12,14-16,19,21H,3,6-8,10-11,13,17-18H2,1-2H3. The van der Waals surface area contributed by atoms with E-state index in [1.165, 1.54) is 18.4 Å². The fourth-order valence-corrected chi connectivity index (χ4v) is 4.76. The summed E-state index contributed by atoms with van der Waals surface area (Å²) in [6.07, 6.45) is 7.46. The number of nitrogens with zero attached hydrogens (tertiary/aromatic N) is 3. The number of likely N-dealkylation sites (tertiary alicyclic amines) is 1. The predicted octanol–water partition coefficient (Wildman–Crippen LogP) is 5.60. The Labute approximate surface area is 179 Å². The van der Waals surface area contributed by atoms with Crippen molar-refractivity contribution in [3.05, 3.63) is 54.1 Å². The first-order valence-electron chi connectivity index (χ1n) is 11.5. The molecule has 3 aromatic rings. The molecule has 4 nitrogen and oxygen atoms in total. The van der Waals surface area contributed by atoms with Crippen molar-refractivity contribution in [2.75, 3.05) is 13.1 Å². The van der Waals surface area contributed by atoms with E-state index in [2.05, 4.69) is 65.9 Å². The van der Waals surface area contributed by atoms with E-state index in [0.717, 1.165) is 67.6 Å². The molecule has 1 saturated heterocycles. The molecule has 0 spiro atoms. The Morgan fingerprint density at radius 1 is 1.07 bits per heavy atom. The molecule has 2 heterocycles. The van der Waals surface area contributed by atoms with Gasteiger partial charge in [0, 0.05) is 31.6 Å². The van der Waals surface area contributed by atoms with Crippen LogP contribution in [0.1, 0.15) is 51.0 Å². The second-order valence-corrected chi connectivity index (χ2v) is 8.59. The Balaban J connectivity index is 1.42. The van der Waals surface area contributed by atoms with Gasteiger partial charge >= 0.3 is 0 Å². The molecular formula is C26H33N3O. The Bertz CT molecular complexity index is 1000. The molecule has 0 bridgehead atoms. The number of imidazole rings is 1. The maximum atomic E-state index is 12.9. The van der Waals surface area contributed by atoms with E-state index >= 15 is 0 Å². The number of carbonyl (C=O) groups excluding carboxylic acids is 1. The molecule has 1 amide bonds. The number of aromatic nitrogens is 2. The van der Waals surface area contributed by atoms with Crippen LogP contribution in [0.3, 0.4) is 0 Å². The van der Waals surface area contributed by atoms with Crippen molar-refractivity contribution in [2.24, 2.45) is 13.0 Å². The van der Waals surface area contributed by atoms with Crippen molar-refractivity contribution < 1.29 is 4.79 Å². The van der Waals surface area contributed by atoms with Crippen LogP contribution in [-0.4, -0.2) is 33.4 Å². The summed E-state index contributed by atoms with van der Waals surface area (Å²) in [4.78, 5) is 19.8. The smallest absolute Gasteiger partial charge is 0.225 e. The number of benzene rings is 2. The van der Waals surface area contributed by atoms with E-state index in [4.69, 9.17) is 4.98 Å². The summed E-state index contributed by atoms with van der Waals surface area (Å²) in [6, 6.07) is 17.0. The van der Waals surface area contributed by atoms with Crippen molar-refractivity contribution >= 4 is 16.9 Å². The minimum Gasteiger partial charge on any atom is -0.342 e. The fourth-order valence-electron chi connectivity index (χ4n) is 4.76. The van der Waals surface area contributed by atoms with E-state index in [-0.39, 0.29) is 5.92 Å². The van der Waals surface area contributed by atoms with Gasteiger partial charge in [0.1, 0.15) is 5.82 Å². The van der Waals surface area contributed by atoms with Crippen LogP contribution in [0.4, 0.5) is 0 Å². The quantitative estimate of drug-likeness (QED) is 0.491. The first-order valence-corrected chi connectivity index (χ1v) is 11.5. The van der Waals surface area contributed by atoms with E-state index in [9.17, 15) is 4.79 Å². The number of carbonyl (C=O) groups is 1. The maximum Gasteiger partial charge on any atom is 0.225 e. The van der Waals surface area contributed by atoms with Crippen LogP contribution < -0.4 is 0 Å². The average Bonchev–Trinajstić information content (AvgIpc) is 3.42. The highest BCUT2D eigenvalue weighted by atomic mass is 16.2. The molecule has 0 saturated carbocycles. The van der Waals surface area contributed by atoms with Crippen LogP contribution in [-0.2, 0) is 18.3 Å². The Hall–Kier alpha value is -2.62. The molecule has 4 rings (SSSR count). The van der Waals surface area contributed by atoms with Gasteiger partial charge in [0.05, 0.1) is 11.0 Å². The molecule has 4 heteroatoms. The molecule has 1 atom stereocenters. The molecular weight excluding hydrogens is 370 g/mol. The largest absolute Gasteiger partial charge is 0.342 e. The van der Waals surface area contributed by atoms with Crippen LogP contribution in [0.15, 0.2) is 48.5 Å². The van der Waals surface area contributed by atoms with Crippen LogP contribution in [0.25, 0.3) is 22.4 Å². The predicted molar refractivity (Wildman–Crippen MR) is 123 cm³/mol. The van der Waals surface area contributed by atoms with Crippen molar-refractivity contribution in [1.29, 1.82) is 0 Å². The summed E-state index contributed by atoms with van der Waals surface area (Å²) in [6.45, 7) is 4.10. The topological polar surface area (TPSA) is 38.1 Å². The van der Waals surface area contributed by atoms with Crippen molar-refractivity contribution in [1.82, 2.24) is 14.5 Å². The third-order valence-corrected chi connectivity index (χ3v) is 6.39. The summed E-state index contributed by atoms with van der Waals surface area (Å²) < 4.78 is 2.17. The van der Waals surface area contributed by atoms with Crippen molar-refractivity contribution in [3.63, 3.8) is 0 Å². The van der Waals surface area contributed by atoms with Gasteiger partial charge in [-0.2, -0.15) is 0 Å². The summed E-state index contributed by atoms with van der Waals surface area (Å²) in [5, 5.41) is 0. The molecule has 0 aliphatic carbocycles. The third-order valence-electron chi connectivity index (χ3n) is 6.39. The summed E-state index contributed by atoms with van der Waals surface area (Å²) in [5.74, 6) is 1.59. The Morgan fingerprint density at radius 2 is 1.87 bits per heavy atom. The number of rotatable bonds is 8. The zero-order valence-electron chi connectivity index (χ0n) is 18.3. The molecule has 1 unspecified atom stereocenters. The minimum atomic E-state index is 0.191. The van der Waals surface area contributed by atoms with E-state index in [1.54, 1.807) is 0 Å². The number of aryl methyl sites for hydroxylation is 2. The molecule has 158 valence electrons. The molecule has 1 fully saturated rings. The van der Waals surface area contributed by atoms with Gasteiger partial charge in [0.2, 0.25) is 5.91 Å². The highest BCUT2D eigenvalue weighted by molar-refractivity contribution is 5.80. The normalized spacial score (nSPS) is 15.1. The van der Waals surface area contributed by atoms with Gasteiger partial charge in [-0.3, -0.25) is 4.79 Å². The number of hydrogen-bond acceptors (Lipinski definition) is 2. The summed E-state index contributed by atoms with van der Waals surface area (Å²) in [5.41, 5.74) is 4.66. The number of hydrogen-bond donors (Lipinski definition) is 0. The third kappa shape index (κ3) is 4.43. The molecule has 1 aliphatic heterocycles. The first kappa shape index (κ1) is 20.6. The van der Waals surface area contributed by atoms with Gasteiger partial charge in [-0.1, -0.05) is 43.7 Å². The van der Waals surface area contributed by atoms with Gasteiger partial charge in [-0.25, -0.2) is 4.98 Å². The van der Waals surface area contributed by atoms with Crippen LogP contribution >= 0.6 is 0 Å². The molecule has 1 aliphatic rings. The lowest BCUT2D eigenvalue weighted by atomic mass is 9.94. The van der Waals surface area contributed by atoms with Crippen LogP contribution in [0.5, 0.6) is 0 Å². The molecule has 0 radical (unpaired) electrons. The van der Waals surface area contributed by atoms with Gasteiger partial charge in [0.25, 0.3) is 0 Å². The number of para-hydroxylation sites is 2. The summed E-state index contributed by atoms with van der Waals surface area (Å²) >= 11 is 0. The molecule has 2 aromatic carbocycles. The van der Waals surface area contributed by atoms with Gasteiger partial charge in [-0.05, 0) is 62.3 Å². The number of amides is 1. The Morgan fingerprint density at radius 3 is 2.63 bits per heavy atom. The molecule has 0 N–H and O–H groups in total. The second-order valence-electron chi connectivity index (χ2n) is 8.59. The Kier molecular flexibility index (Phi) is 6.51. The SMILES string of the molecule is CCCC(CCCc1cccc(-c2nc3ccccc3n2C)c1)C(=O)N1CCCC1. The zero-order valence-corrected chi connectivity index (χ0v) is 18.3. The van der Waals surface area contributed by atoms with Gasteiger partial charge < -0.3 is 9.47 Å². The minimum absolute atomic E-state index is 0.191. The maximum absolute atomic E-state index is 12.9. The van der Waals surface area contributed by atoms with Crippen LogP contribution in [0, 0.1) is 5.92 Å². The van der Waals surface area contributed by atoms with E-state index < -0.39 is 0 Å². The van der Waals surface area contributed by atoms with E-state index in [1.807, 2.05) is 6.07 Å². The molecule has 30 heavy (non-hydrogen) atoms. The van der Waals surface area contributed by atoms with Crippen molar-refractivity contribution in [3.8, 4) is 11.4 Å². The van der Waals surface area contributed by atoms with Crippen molar-refractivity contribution in [2.45, 2.75) is 51.9 Å². The lowest BCUT2D eigenvalue weighted by Crippen LogP contribution is -2.33. The zero-order chi connectivity index (χ0) is 20.9. The van der Waals surface area contributed by atoms with Gasteiger partial charge in [-0.15, -0.1) is 0 Å². The first-order chi connectivity index (χ1) is 14.7. The molecule has 1 aromatic heterocycles. The van der Waals surface area contributed by atoms with E-state index in [0.29, 0.717) is 5.91 Å².